The van der Waals surface area contributed by atoms with Gasteiger partial charge in [0.05, 0.1) is 20.0 Å². The van der Waals surface area contributed by atoms with Crippen LogP contribution in [0.25, 0.3) is 10.2 Å². The highest BCUT2D eigenvalue weighted by molar-refractivity contribution is 7.90. The number of aryl methyl sites for hydroxylation is 2. The average molecular weight is 377 g/mol. The van der Waals surface area contributed by atoms with Crippen LogP contribution in [0.15, 0.2) is 51.8 Å². The maximum Gasteiger partial charge on any atom is 0.285 e. The van der Waals surface area contributed by atoms with E-state index in [9.17, 15) is 18.5 Å². The molecule has 0 saturated heterocycles. The van der Waals surface area contributed by atoms with Gasteiger partial charge < -0.3 is 4.57 Å². The Bertz CT molecular complexity index is 1130. The molecule has 1 aromatic heterocycles. The highest BCUT2D eigenvalue weighted by Crippen LogP contribution is 2.23. The summed E-state index contributed by atoms with van der Waals surface area (Å²) in [6.07, 6.45) is 0. The third-order valence-electron chi connectivity index (χ3n) is 3.71. The molecular formula is C16H15N3O4S2. The van der Waals surface area contributed by atoms with Gasteiger partial charge in [0.1, 0.15) is 0 Å². The molecule has 7 nitrogen and oxygen atoms in total. The fourth-order valence-electron chi connectivity index (χ4n) is 2.42. The van der Waals surface area contributed by atoms with Crippen molar-refractivity contribution >= 4 is 37.3 Å². The maximum atomic E-state index is 12.6. The van der Waals surface area contributed by atoms with Gasteiger partial charge in [-0.2, -0.15) is 8.42 Å². The summed E-state index contributed by atoms with van der Waals surface area (Å²) in [5.74, 6) is 0. The zero-order valence-corrected chi connectivity index (χ0v) is 15.2. The third kappa shape index (κ3) is 3.33. The summed E-state index contributed by atoms with van der Waals surface area (Å²) in [6, 6.07) is 10.9. The molecule has 0 N–H and O–H groups in total. The number of rotatable bonds is 4. The number of fused-ring (bicyclic) bond motifs is 1. The molecule has 3 aromatic rings. The molecule has 130 valence electrons. The van der Waals surface area contributed by atoms with Crippen molar-refractivity contribution < 1.29 is 13.3 Å². The number of nitro groups is 1. The SMILES string of the molecule is CCn1/c(=N/S(=O)(=O)c2ccc(C)cc2)sc2cc([N+](=O)[O-])ccc21. The molecule has 2 aromatic carbocycles. The van der Waals surface area contributed by atoms with E-state index in [2.05, 4.69) is 4.40 Å². The molecular weight excluding hydrogens is 362 g/mol. The van der Waals surface area contributed by atoms with Gasteiger partial charge in [-0.15, -0.1) is 4.40 Å². The molecule has 25 heavy (non-hydrogen) atoms. The summed E-state index contributed by atoms with van der Waals surface area (Å²) in [5.41, 5.74) is 1.64. The van der Waals surface area contributed by atoms with E-state index in [0.717, 1.165) is 22.4 Å². The van der Waals surface area contributed by atoms with Crippen LogP contribution in [-0.2, 0) is 16.6 Å². The third-order valence-corrected chi connectivity index (χ3v) is 6.15. The minimum atomic E-state index is -3.86. The van der Waals surface area contributed by atoms with Crippen LogP contribution in [0.1, 0.15) is 12.5 Å². The Balaban J connectivity index is 2.21. The molecule has 3 rings (SSSR count). The van der Waals surface area contributed by atoms with E-state index in [1.165, 1.54) is 24.3 Å². The van der Waals surface area contributed by atoms with Gasteiger partial charge in [-0.3, -0.25) is 10.1 Å². The highest BCUT2D eigenvalue weighted by Gasteiger charge is 2.15. The van der Waals surface area contributed by atoms with Crippen molar-refractivity contribution in [3.05, 3.63) is 62.9 Å². The van der Waals surface area contributed by atoms with Gasteiger partial charge in [-0.05, 0) is 32.0 Å². The predicted molar refractivity (Wildman–Crippen MR) is 96.1 cm³/mol. The summed E-state index contributed by atoms with van der Waals surface area (Å²) < 4.78 is 31.4. The number of thiazole rings is 1. The Labute approximate surface area is 148 Å². The van der Waals surface area contributed by atoms with Gasteiger partial charge in [0, 0.05) is 18.7 Å². The molecule has 0 unspecified atom stereocenters. The van der Waals surface area contributed by atoms with Crippen LogP contribution in [0.3, 0.4) is 0 Å². The van der Waals surface area contributed by atoms with Crippen molar-refractivity contribution in [3.63, 3.8) is 0 Å². The topological polar surface area (TPSA) is 94.6 Å². The van der Waals surface area contributed by atoms with E-state index >= 15 is 0 Å². The minimum absolute atomic E-state index is 0.0371. The van der Waals surface area contributed by atoms with Crippen molar-refractivity contribution in [1.29, 1.82) is 0 Å². The summed E-state index contributed by atoms with van der Waals surface area (Å²) >= 11 is 1.12. The molecule has 0 fully saturated rings. The monoisotopic (exact) mass is 377 g/mol. The molecule has 0 bridgehead atoms. The fourth-order valence-corrected chi connectivity index (χ4v) is 4.75. The Morgan fingerprint density at radius 1 is 1.20 bits per heavy atom. The summed E-state index contributed by atoms with van der Waals surface area (Å²) in [4.78, 5) is 10.9. The van der Waals surface area contributed by atoms with Gasteiger partial charge in [-0.25, -0.2) is 0 Å². The van der Waals surface area contributed by atoms with Crippen molar-refractivity contribution in [1.82, 2.24) is 4.57 Å². The van der Waals surface area contributed by atoms with E-state index < -0.39 is 14.9 Å². The molecule has 0 saturated carbocycles. The lowest BCUT2D eigenvalue weighted by Crippen LogP contribution is -2.16. The highest BCUT2D eigenvalue weighted by atomic mass is 32.2. The molecule has 0 aliphatic carbocycles. The number of sulfonamides is 1. The van der Waals surface area contributed by atoms with E-state index in [4.69, 9.17) is 0 Å². The normalized spacial score (nSPS) is 12.6. The van der Waals surface area contributed by atoms with Crippen LogP contribution in [-0.4, -0.2) is 17.9 Å². The van der Waals surface area contributed by atoms with Crippen LogP contribution in [0.5, 0.6) is 0 Å². The molecule has 0 aliphatic rings. The second kappa shape index (κ2) is 6.41. The summed E-state index contributed by atoms with van der Waals surface area (Å²) in [7, 11) is -3.86. The van der Waals surface area contributed by atoms with Gasteiger partial charge in [-0.1, -0.05) is 29.0 Å². The molecule has 0 atom stereocenters. The molecule has 0 aliphatic heterocycles. The van der Waals surface area contributed by atoms with Crippen molar-refractivity contribution in [2.75, 3.05) is 0 Å². The van der Waals surface area contributed by atoms with Crippen LogP contribution in [0, 0.1) is 17.0 Å². The number of nitro benzene ring substituents is 1. The number of nitrogens with zero attached hydrogens (tertiary/aromatic N) is 3. The van der Waals surface area contributed by atoms with Gasteiger partial charge in [0.15, 0.2) is 0 Å². The Hall–Kier alpha value is -2.52. The lowest BCUT2D eigenvalue weighted by molar-refractivity contribution is -0.384. The van der Waals surface area contributed by atoms with E-state index in [-0.39, 0.29) is 10.6 Å². The first-order valence-electron chi connectivity index (χ1n) is 7.47. The van der Waals surface area contributed by atoms with Crippen LogP contribution in [0.4, 0.5) is 5.69 Å². The first kappa shape index (κ1) is 17.3. The Morgan fingerprint density at radius 2 is 1.88 bits per heavy atom. The second-order valence-corrected chi connectivity index (χ2v) is 8.03. The number of hydrogen-bond acceptors (Lipinski definition) is 5. The number of benzene rings is 2. The zero-order valence-electron chi connectivity index (χ0n) is 13.5. The average Bonchev–Trinajstić information content (AvgIpc) is 2.90. The van der Waals surface area contributed by atoms with E-state index in [1.54, 1.807) is 22.8 Å². The standard InChI is InChI=1S/C16H15N3O4S2/c1-3-18-14-9-6-12(19(20)21)10-15(14)24-16(18)17-25(22,23)13-7-4-11(2)5-8-13/h4-10H,3H2,1-2H3/b17-16-. The molecule has 1 heterocycles. The lowest BCUT2D eigenvalue weighted by atomic mass is 10.2. The van der Waals surface area contributed by atoms with Gasteiger partial charge in [0.25, 0.3) is 15.7 Å². The fraction of sp³-hybridized carbons (Fsp3) is 0.188. The predicted octanol–water partition coefficient (Wildman–Crippen LogP) is 3.23. The molecule has 9 heteroatoms. The quantitative estimate of drug-likeness (QED) is 0.515. The Morgan fingerprint density at radius 3 is 2.48 bits per heavy atom. The van der Waals surface area contributed by atoms with Crippen molar-refractivity contribution in [2.24, 2.45) is 4.40 Å². The van der Waals surface area contributed by atoms with E-state index in [0.29, 0.717) is 16.0 Å². The van der Waals surface area contributed by atoms with E-state index in [1.807, 2.05) is 13.8 Å². The number of aromatic nitrogens is 1. The summed E-state index contributed by atoms with van der Waals surface area (Å²) in [6.45, 7) is 4.24. The zero-order chi connectivity index (χ0) is 18.2. The van der Waals surface area contributed by atoms with Crippen LogP contribution < -0.4 is 4.80 Å². The van der Waals surface area contributed by atoms with Crippen molar-refractivity contribution in [2.45, 2.75) is 25.3 Å². The minimum Gasteiger partial charge on any atom is -0.316 e. The summed E-state index contributed by atoms with van der Waals surface area (Å²) in [5, 5.41) is 10.9. The van der Waals surface area contributed by atoms with Gasteiger partial charge >= 0.3 is 0 Å². The molecule has 0 amide bonds. The van der Waals surface area contributed by atoms with Gasteiger partial charge in [0.2, 0.25) is 4.80 Å². The molecule has 0 spiro atoms. The maximum absolute atomic E-state index is 12.6. The first-order chi connectivity index (χ1) is 11.8. The van der Waals surface area contributed by atoms with Crippen molar-refractivity contribution in [3.8, 4) is 0 Å². The first-order valence-corrected chi connectivity index (χ1v) is 9.73. The number of hydrogen-bond donors (Lipinski definition) is 0. The Kier molecular flexibility index (Phi) is 4.44. The van der Waals surface area contributed by atoms with Crippen LogP contribution in [0.2, 0.25) is 0 Å². The lowest BCUT2D eigenvalue weighted by Gasteiger charge is -2.01. The second-order valence-electron chi connectivity index (χ2n) is 5.42. The van der Waals surface area contributed by atoms with Crippen LogP contribution >= 0.6 is 11.3 Å². The largest absolute Gasteiger partial charge is 0.316 e. The number of non-ortho nitro benzene ring substituents is 1. The smallest absolute Gasteiger partial charge is 0.285 e. The molecule has 0 radical (unpaired) electrons.